The third-order valence-electron chi connectivity index (χ3n) is 4.04. The summed E-state index contributed by atoms with van der Waals surface area (Å²) in [5.74, 6) is 0. The number of nitrogens with one attached hydrogen (secondary N) is 1. The van der Waals surface area contributed by atoms with E-state index in [1.807, 2.05) is 19.9 Å². The third kappa shape index (κ3) is 3.49. The van der Waals surface area contributed by atoms with Gasteiger partial charge in [-0.3, -0.25) is 9.88 Å². The van der Waals surface area contributed by atoms with Gasteiger partial charge in [-0.25, -0.2) is 0 Å². The Bertz CT molecular complexity index is 498. The predicted molar refractivity (Wildman–Crippen MR) is 81.8 cm³/mol. The van der Waals surface area contributed by atoms with Gasteiger partial charge in [-0.1, -0.05) is 6.42 Å². The van der Waals surface area contributed by atoms with Gasteiger partial charge in [0.15, 0.2) is 0 Å². The molecule has 0 aliphatic carbocycles. The van der Waals surface area contributed by atoms with E-state index in [-0.39, 0.29) is 0 Å². The zero-order valence-electron chi connectivity index (χ0n) is 12.7. The van der Waals surface area contributed by atoms with Gasteiger partial charge in [-0.05, 0) is 52.8 Å². The SMILES string of the molecule is Cc1cc(NCC(C)N2CCCCC2)c(C#N)c(C)n1. The quantitative estimate of drug-likeness (QED) is 0.915. The Morgan fingerprint density at radius 2 is 2.05 bits per heavy atom. The van der Waals surface area contributed by atoms with Crippen molar-refractivity contribution in [2.75, 3.05) is 25.0 Å². The normalized spacial score (nSPS) is 17.5. The molecule has 1 atom stereocenters. The van der Waals surface area contributed by atoms with E-state index >= 15 is 0 Å². The van der Waals surface area contributed by atoms with Crippen LogP contribution in [0.4, 0.5) is 5.69 Å². The van der Waals surface area contributed by atoms with Gasteiger partial charge < -0.3 is 5.32 Å². The van der Waals surface area contributed by atoms with Crippen LogP contribution in [0.15, 0.2) is 6.07 Å². The molecule has 0 saturated carbocycles. The van der Waals surface area contributed by atoms with Crippen LogP contribution in [-0.4, -0.2) is 35.6 Å². The number of anilines is 1. The van der Waals surface area contributed by atoms with Crippen molar-refractivity contribution in [1.82, 2.24) is 9.88 Å². The van der Waals surface area contributed by atoms with Crippen molar-refractivity contribution in [2.45, 2.75) is 46.1 Å². The molecule has 0 spiro atoms. The summed E-state index contributed by atoms with van der Waals surface area (Å²) in [6, 6.07) is 4.72. The van der Waals surface area contributed by atoms with Crippen LogP contribution in [0.5, 0.6) is 0 Å². The Balaban J connectivity index is 2.01. The van der Waals surface area contributed by atoms with Crippen LogP contribution in [0.1, 0.15) is 43.1 Å². The average Bonchev–Trinajstić information content (AvgIpc) is 2.45. The van der Waals surface area contributed by atoms with E-state index in [2.05, 4.69) is 28.2 Å². The van der Waals surface area contributed by atoms with Crippen LogP contribution >= 0.6 is 0 Å². The molecule has 1 saturated heterocycles. The van der Waals surface area contributed by atoms with Crippen LogP contribution in [0.3, 0.4) is 0 Å². The number of nitrogens with zero attached hydrogens (tertiary/aromatic N) is 3. The number of pyridine rings is 1. The van der Waals surface area contributed by atoms with Crippen LogP contribution < -0.4 is 5.32 Å². The maximum Gasteiger partial charge on any atom is 0.103 e. The van der Waals surface area contributed by atoms with E-state index in [1.165, 1.54) is 32.4 Å². The predicted octanol–water partition coefficient (Wildman–Crippen LogP) is 2.86. The van der Waals surface area contributed by atoms with Gasteiger partial charge in [-0.15, -0.1) is 0 Å². The van der Waals surface area contributed by atoms with Crippen molar-refractivity contribution in [3.8, 4) is 6.07 Å². The minimum Gasteiger partial charge on any atom is -0.382 e. The molecule has 4 heteroatoms. The minimum atomic E-state index is 0.496. The highest BCUT2D eigenvalue weighted by Gasteiger charge is 2.17. The van der Waals surface area contributed by atoms with E-state index in [0.717, 1.165) is 23.6 Å². The smallest absolute Gasteiger partial charge is 0.103 e. The lowest BCUT2D eigenvalue weighted by molar-refractivity contribution is 0.180. The van der Waals surface area contributed by atoms with Gasteiger partial charge in [0, 0.05) is 18.3 Å². The number of aromatic nitrogens is 1. The van der Waals surface area contributed by atoms with Gasteiger partial charge >= 0.3 is 0 Å². The van der Waals surface area contributed by atoms with E-state index in [1.54, 1.807) is 0 Å². The average molecular weight is 272 g/mol. The lowest BCUT2D eigenvalue weighted by Gasteiger charge is -2.32. The van der Waals surface area contributed by atoms with Crippen LogP contribution in [-0.2, 0) is 0 Å². The number of hydrogen-bond donors (Lipinski definition) is 1. The van der Waals surface area contributed by atoms with Crippen LogP contribution in [0.2, 0.25) is 0 Å². The maximum absolute atomic E-state index is 9.26. The molecule has 1 unspecified atom stereocenters. The number of piperidine rings is 1. The number of likely N-dealkylation sites (tertiary alicyclic amines) is 1. The van der Waals surface area contributed by atoms with Crippen molar-refractivity contribution in [3.05, 3.63) is 23.0 Å². The molecule has 1 aliphatic rings. The molecule has 1 aliphatic heterocycles. The molecule has 0 amide bonds. The first-order valence-electron chi connectivity index (χ1n) is 7.48. The standard InChI is InChI=1S/C16H24N4/c1-12-9-16(15(10-17)14(3)19-12)18-11-13(2)20-7-5-4-6-8-20/h9,13H,4-8,11H2,1-3H3,(H,18,19). The van der Waals surface area contributed by atoms with Gasteiger partial charge in [-0.2, -0.15) is 5.26 Å². The highest BCUT2D eigenvalue weighted by molar-refractivity contribution is 5.59. The maximum atomic E-state index is 9.26. The molecular weight excluding hydrogens is 248 g/mol. The third-order valence-corrected chi connectivity index (χ3v) is 4.04. The first kappa shape index (κ1) is 14.8. The molecule has 1 N–H and O–H groups in total. The van der Waals surface area contributed by atoms with Crippen molar-refractivity contribution in [3.63, 3.8) is 0 Å². The van der Waals surface area contributed by atoms with Crippen molar-refractivity contribution >= 4 is 5.69 Å². The first-order chi connectivity index (χ1) is 9.61. The summed E-state index contributed by atoms with van der Waals surface area (Å²) < 4.78 is 0. The zero-order chi connectivity index (χ0) is 14.5. The van der Waals surface area contributed by atoms with E-state index in [4.69, 9.17) is 0 Å². The Kier molecular flexibility index (Phi) is 4.97. The van der Waals surface area contributed by atoms with Gasteiger partial charge in [0.2, 0.25) is 0 Å². The molecule has 1 aromatic rings. The Morgan fingerprint density at radius 3 is 2.70 bits per heavy atom. The van der Waals surface area contributed by atoms with Crippen molar-refractivity contribution in [2.24, 2.45) is 0 Å². The van der Waals surface area contributed by atoms with Gasteiger partial charge in [0.1, 0.15) is 6.07 Å². The lowest BCUT2D eigenvalue weighted by Crippen LogP contribution is -2.41. The summed E-state index contributed by atoms with van der Waals surface area (Å²) in [7, 11) is 0. The van der Waals surface area contributed by atoms with Crippen LogP contribution in [0, 0.1) is 25.2 Å². The number of hydrogen-bond acceptors (Lipinski definition) is 4. The number of aryl methyl sites for hydroxylation is 2. The molecular formula is C16H24N4. The largest absolute Gasteiger partial charge is 0.382 e. The van der Waals surface area contributed by atoms with E-state index in [9.17, 15) is 5.26 Å². The van der Waals surface area contributed by atoms with E-state index in [0.29, 0.717) is 11.6 Å². The summed E-state index contributed by atoms with van der Waals surface area (Å²) in [6.07, 6.45) is 3.97. The summed E-state index contributed by atoms with van der Waals surface area (Å²) in [6.45, 7) is 9.38. The van der Waals surface area contributed by atoms with Gasteiger partial charge in [0.05, 0.1) is 16.9 Å². The Hall–Kier alpha value is -1.60. The molecule has 1 fully saturated rings. The molecule has 2 rings (SSSR count). The van der Waals surface area contributed by atoms with Crippen molar-refractivity contribution in [1.29, 1.82) is 5.26 Å². The molecule has 4 nitrogen and oxygen atoms in total. The summed E-state index contributed by atoms with van der Waals surface area (Å²) in [4.78, 5) is 6.88. The second-order valence-corrected chi connectivity index (χ2v) is 5.71. The molecule has 0 radical (unpaired) electrons. The zero-order valence-corrected chi connectivity index (χ0v) is 12.7. The first-order valence-corrected chi connectivity index (χ1v) is 7.48. The minimum absolute atomic E-state index is 0.496. The Labute approximate surface area is 121 Å². The fourth-order valence-electron chi connectivity index (χ4n) is 2.86. The highest BCUT2D eigenvalue weighted by atomic mass is 15.2. The number of rotatable bonds is 4. The lowest BCUT2D eigenvalue weighted by atomic mass is 10.1. The summed E-state index contributed by atoms with van der Waals surface area (Å²) in [5.41, 5.74) is 3.35. The summed E-state index contributed by atoms with van der Waals surface area (Å²) in [5, 5.41) is 12.7. The van der Waals surface area contributed by atoms with E-state index < -0.39 is 0 Å². The fourth-order valence-corrected chi connectivity index (χ4v) is 2.86. The Morgan fingerprint density at radius 1 is 1.35 bits per heavy atom. The van der Waals surface area contributed by atoms with Crippen LogP contribution in [0.25, 0.3) is 0 Å². The second-order valence-electron chi connectivity index (χ2n) is 5.71. The van der Waals surface area contributed by atoms with Crippen molar-refractivity contribution < 1.29 is 0 Å². The van der Waals surface area contributed by atoms with Gasteiger partial charge in [0.25, 0.3) is 0 Å². The highest BCUT2D eigenvalue weighted by Crippen LogP contribution is 2.19. The monoisotopic (exact) mass is 272 g/mol. The molecule has 1 aromatic heterocycles. The second kappa shape index (κ2) is 6.71. The fraction of sp³-hybridized carbons (Fsp3) is 0.625. The molecule has 108 valence electrons. The summed E-state index contributed by atoms with van der Waals surface area (Å²) >= 11 is 0. The molecule has 20 heavy (non-hydrogen) atoms. The molecule has 0 aromatic carbocycles. The topological polar surface area (TPSA) is 52.0 Å². The number of nitriles is 1. The molecule has 2 heterocycles. The molecule has 0 bridgehead atoms.